The predicted molar refractivity (Wildman–Crippen MR) is 90.9 cm³/mol. The Labute approximate surface area is 138 Å². The Morgan fingerprint density at radius 1 is 0.583 bits per heavy atom. The molecule has 2 aromatic heterocycles. The fourth-order valence-electron chi connectivity index (χ4n) is 3.47. The summed E-state index contributed by atoms with van der Waals surface area (Å²) in [5.41, 5.74) is 7.97. The van der Waals surface area contributed by atoms with E-state index in [1.807, 2.05) is 47.7 Å². The average molecular weight is 314 g/mol. The fraction of sp³-hybridized carbons (Fsp3) is 0.111. The molecule has 0 aliphatic heterocycles. The smallest absolute Gasteiger partial charge is 0.121 e. The lowest BCUT2D eigenvalue weighted by atomic mass is 9.89. The molecule has 0 bridgehead atoms. The first-order valence-electron chi connectivity index (χ1n) is 7.74. The van der Waals surface area contributed by atoms with Crippen molar-refractivity contribution in [3.8, 4) is 45.0 Å². The molecular formula is C18H14N6. The van der Waals surface area contributed by atoms with Gasteiger partial charge in [0.25, 0.3) is 0 Å². The summed E-state index contributed by atoms with van der Waals surface area (Å²) in [6.07, 6.45) is 0. The molecule has 5 rings (SSSR count). The third kappa shape index (κ3) is 1.59. The SMILES string of the molecule is Cn1nnc2c1-c1ccccc1-c1c(nnn1C)-c1ccccc1-2. The molecule has 0 saturated carbocycles. The van der Waals surface area contributed by atoms with Crippen molar-refractivity contribution in [1.29, 1.82) is 0 Å². The van der Waals surface area contributed by atoms with E-state index in [0.29, 0.717) is 0 Å². The number of hydrogen-bond donors (Lipinski definition) is 0. The standard InChI is InChI=1S/C18H14N6/c1-23-17-13-9-5-6-10-14(13)18-16(20-22-24(18)2)12-8-4-3-7-11(12)15(17)19-21-23/h3-10H,1-2H3. The van der Waals surface area contributed by atoms with Gasteiger partial charge in [0, 0.05) is 36.3 Å². The molecule has 6 nitrogen and oxygen atoms in total. The minimum Gasteiger partial charge on any atom is -0.247 e. The molecule has 24 heavy (non-hydrogen) atoms. The van der Waals surface area contributed by atoms with Crippen LogP contribution in [0, 0.1) is 0 Å². The largest absolute Gasteiger partial charge is 0.247 e. The summed E-state index contributed by atoms with van der Waals surface area (Å²) in [4.78, 5) is 0. The molecule has 0 fully saturated rings. The molecule has 0 amide bonds. The summed E-state index contributed by atoms with van der Waals surface area (Å²) in [6.45, 7) is 0. The molecule has 0 radical (unpaired) electrons. The topological polar surface area (TPSA) is 61.4 Å². The summed E-state index contributed by atoms with van der Waals surface area (Å²) in [5, 5.41) is 17.4. The molecule has 0 N–H and O–H groups in total. The maximum Gasteiger partial charge on any atom is 0.121 e. The Kier molecular flexibility index (Phi) is 2.53. The molecule has 1 aliphatic carbocycles. The highest BCUT2D eigenvalue weighted by Crippen LogP contribution is 2.45. The van der Waals surface area contributed by atoms with Crippen molar-refractivity contribution in [2.75, 3.05) is 0 Å². The Hall–Kier alpha value is -3.28. The van der Waals surface area contributed by atoms with Gasteiger partial charge in [0.05, 0.1) is 11.4 Å². The van der Waals surface area contributed by atoms with Crippen LogP contribution in [0.15, 0.2) is 48.5 Å². The zero-order valence-electron chi connectivity index (χ0n) is 13.3. The van der Waals surface area contributed by atoms with Crippen LogP contribution in [0.25, 0.3) is 45.0 Å². The highest BCUT2D eigenvalue weighted by molar-refractivity contribution is 5.98. The van der Waals surface area contributed by atoms with Crippen LogP contribution in [-0.4, -0.2) is 30.0 Å². The number of hydrogen-bond acceptors (Lipinski definition) is 4. The van der Waals surface area contributed by atoms with Crippen molar-refractivity contribution < 1.29 is 0 Å². The Morgan fingerprint density at radius 2 is 0.958 bits per heavy atom. The summed E-state index contributed by atoms with van der Waals surface area (Å²) in [5.74, 6) is 0. The van der Waals surface area contributed by atoms with Crippen LogP contribution in [0.5, 0.6) is 0 Å². The summed E-state index contributed by atoms with van der Waals surface area (Å²) >= 11 is 0. The molecule has 4 aromatic rings. The zero-order valence-corrected chi connectivity index (χ0v) is 13.3. The Balaban J connectivity index is 2.03. The van der Waals surface area contributed by atoms with Crippen molar-refractivity contribution in [3.63, 3.8) is 0 Å². The molecular weight excluding hydrogens is 300 g/mol. The van der Waals surface area contributed by atoms with Gasteiger partial charge in [-0.05, 0) is 0 Å². The molecule has 2 aromatic carbocycles. The number of rotatable bonds is 0. The highest BCUT2D eigenvalue weighted by atomic mass is 15.4. The van der Waals surface area contributed by atoms with Crippen LogP contribution in [0.4, 0.5) is 0 Å². The van der Waals surface area contributed by atoms with Crippen LogP contribution < -0.4 is 0 Å². The number of fused-ring (bicyclic) bond motifs is 8. The second-order valence-electron chi connectivity index (χ2n) is 5.91. The monoisotopic (exact) mass is 314 g/mol. The molecule has 0 saturated heterocycles. The van der Waals surface area contributed by atoms with Gasteiger partial charge in [0.15, 0.2) is 0 Å². The summed E-state index contributed by atoms with van der Waals surface area (Å²) in [6, 6.07) is 16.4. The molecule has 0 unspecified atom stereocenters. The quantitative estimate of drug-likeness (QED) is 0.441. The lowest BCUT2D eigenvalue weighted by Gasteiger charge is -2.17. The van der Waals surface area contributed by atoms with Crippen LogP contribution in [0.3, 0.4) is 0 Å². The third-order valence-corrected chi connectivity index (χ3v) is 4.53. The van der Waals surface area contributed by atoms with E-state index in [9.17, 15) is 0 Å². The van der Waals surface area contributed by atoms with E-state index in [-0.39, 0.29) is 0 Å². The van der Waals surface area contributed by atoms with Crippen molar-refractivity contribution in [2.24, 2.45) is 14.1 Å². The average Bonchev–Trinajstić information content (AvgIpc) is 3.16. The minimum atomic E-state index is 0.872. The van der Waals surface area contributed by atoms with Gasteiger partial charge in [-0.3, -0.25) is 0 Å². The van der Waals surface area contributed by atoms with Crippen molar-refractivity contribution in [3.05, 3.63) is 48.5 Å². The first kappa shape index (κ1) is 13.2. The van der Waals surface area contributed by atoms with Gasteiger partial charge in [-0.2, -0.15) is 0 Å². The van der Waals surface area contributed by atoms with E-state index in [2.05, 4.69) is 44.9 Å². The maximum atomic E-state index is 4.44. The molecule has 6 heteroatoms. The number of nitrogens with zero attached hydrogens (tertiary/aromatic N) is 6. The van der Waals surface area contributed by atoms with Gasteiger partial charge >= 0.3 is 0 Å². The first-order valence-corrected chi connectivity index (χ1v) is 7.74. The van der Waals surface area contributed by atoms with E-state index in [1.54, 1.807) is 0 Å². The Morgan fingerprint density at radius 3 is 1.38 bits per heavy atom. The number of aryl methyl sites for hydroxylation is 2. The third-order valence-electron chi connectivity index (χ3n) is 4.53. The zero-order chi connectivity index (χ0) is 16.3. The van der Waals surface area contributed by atoms with Gasteiger partial charge in [-0.1, -0.05) is 59.0 Å². The van der Waals surface area contributed by atoms with Crippen molar-refractivity contribution in [1.82, 2.24) is 30.0 Å². The lowest BCUT2D eigenvalue weighted by molar-refractivity contribution is 0.717. The van der Waals surface area contributed by atoms with Crippen molar-refractivity contribution in [2.45, 2.75) is 0 Å². The first-order chi connectivity index (χ1) is 11.8. The second-order valence-corrected chi connectivity index (χ2v) is 5.91. The molecule has 1 aliphatic rings. The van der Waals surface area contributed by atoms with Crippen LogP contribution in [0.1, 0.15) is 0 Å². The second kappa shape index (κ2) is 4.61. The Bertz CT molecular complexity index is 1000. The van der Waals surface area contributed by atoms with Crippen LogP contribution >= 0.6 is 0 Å². The van der Waals surface area contributed by atoms with Crippen LogP contribution in [-0.2, 0) is 14.1 Å². The molecule has 0 spiro atoms. The molecule has 0 atom stereocenters. The van der Waals surface area contributed by atoms with E-state index in [1.165, 1.54) is 0 Å². The molecule has 2 heterocycles. The fourth-order valence-corrected chi connectivity index (χ4v) is 3.47. The van der Waals surface area contributed by atoms with Gasteiger partial charge < -0.3 is 0 Å². The minimum absolute atomic E-state index is 0.872. The number of benzene rings is 2. The summed E-state index contributed by atoms with van der Waals surface area (Å²) < 4.78 is 3.67. The van der Waals surface area contributed by atoms with E-state index >= 15 is 0 Å². The lowest BCUT2D eigenvalue weighted by Crippen LogP contribution is -2.02. The molecule has 116 valence electrons. The maximum absolute atomic E-state index is 4.44. The number of aromatic nitrogens is 6. The van der Waals surface area contributed by atoms with Gasteiger partial charge in [-0.15, -0.1) is 10.2 Å². The van der Waals surface area contributed by atoms with Gasteiger partial charge in [-0.25, -0.2) is 9.36 Å². The van der Waals surface area contributed by atoms with Gasteiger partial charge in [0.1, 0.15) is 11.4 Å². The normalized spacial score (nSPS) is 11.8. The van der Waals surface area contributed by atoms with Gasteiger partial charge in [0.2, 0.25) is 0 Å². The highest BCUT2D eigenvalue weighted by Gasteiger charge is 2.28. The predicted octanol–water partition coefficient (Wildman–Crippen LogP) is 2.93. The van der Waals surface area contributed by atoms with E-state index in [0.717, 1.165) is 45.0 Å². The van der Waals surface area contributed by atoms with E-state index in [4.69, 9.17) is 0 Å². The summed E-state index contributed by atoms with van der Waals surface area (Å²) in [7, 11) is 3.85. The van der Waals surface area contributed by atoms with E-state index < -0.39 is 0 Å². The van der Waals surface area contributed by atoms with Crippen LogP contribution in [0.2, 0.25) is 0 Å². The van der Waals surface area contributed by atoms with Crippen molar-refractivity contribution >= 4 is 0 Å².